The number of carboxylic acid groups (broad SMARTS) is 1. The van der Waals surface area contributed by atoms with E-state index in [-0.39, 0.29) is 6.61 Å². The van der Waals surface area contributed by atoms with E-state index < -0.39 is 17.9 Å². The molecule has 1 rings (SSSR count). The first-order valence-corrected chi connectivity index (χ1v) is 5.73. The van der Waals surface area contributed by atoms with E-state index in [0.29, 0.717) is 12.2 Å². The van der Waals surface area contributed by atoms with Gasteiger partial charge in [-0.05, 0) is 25.5 Å². The number of hydrogen-bond acceptors (Lipinski definition) is 3. The van der Waals surface area contributed by atoms with Crippen LogP contribution in [0.4, 0.5) is 0 Å². The first-order valence-electron chi connectivity index (χ1n) is 5.73. The molecule has 18 heavy (non-hydrogen) atoms. The molecule has 0 aliphatic heterocycles. The van der Waals surface area contributed by atoms with Crippen LogP contribution in [0.5, 0.6) is 0 Å². The zero-order chi connectivity index (χ0) is 13.5. The number of carbonyl (C=O) groups is 2. The lowest BCUT2D eigenvalue weighted by molar-refractivity contribution is -0.140. The predicted octanol–water partition coefficient (Wildman–Crippen LogP) is 1.21. The average molecular weight is 251 g/mol. The van der Waals surface area contributed by atoms with Crippen molar-refractivity contribution in [3.8, 4) is 0 Å². The van der Waals surface area contributed by atoms with Crippen molar-refractivity contribution in [2.24, 2.45) is 0 Å². The third-order valence-corrected chi connectivity index (χ3v) is 2.48. The van der Waals surface area contributed by atoms with Crippen molar-refractivity contribution in [2.45, 2.75) is 19.9 Å². The minimum absolute atomic E-state index is 0.0382. The number of nitrogens with one attached hydrogen (secondary N) is 1. The molecule has 1 atom stereocenters. The molecule has 0 aliphatic carbocycles. The van der Waals surface area contributed by atoms with Crippen LogP contribution in [0.3, 0.4) is 0 Å². The van der Waals surface area contributed by atoms with E-state index in [4.69, 9.17) is 9.84 Å². The number of ether oxygens (including phenoxy) is 1. The zero-order valence-corrected chi connectivity index (χ0v) is 10.5. The van der Waals surface area contributed by atoms with Crippen molar-refractivity contribution >= 4 is 11.9 Å². The van der Waals surface area contributed by atoms with Crippen LogP contribution in [0.15, 0.2) is 24.3 Å². The number of rotatable bonds is 6. The van der Waals surface area contributed by atoms with Crippen molar-refractivity contribution in [3.63, 3.8) is 0 Å². The van der Waals surface area contributed by atoms with Crippen molar-refractivity contribution in [2.75, 3.05) is 13.2 Å². The standard InChI is InChI=1S/C13H17NO4/c1-3-18-8-11(13(16)17)14-12(15)10-7-5-4-6-9(10)2/h4-7,11H,3,8H2,1-2H3,(H,14,15)(H,16,17). The van der Waals surface area contributed by atoms with Gasteiger partial charge in [0, 0.05) is 12.2 Å². The molecule has 1 aromatic carbocycles. The van der Waals surface area contributed by atoms with Gasteiger partial charge in [0.2, 0.25) is 0 Å². The van der Waals surface area contributed by atoms with E-state index in [1.54, 1.807) is 32.0 Å². The molecule has 2 N–H and O–H groups in total. The predicted molar refractivity (Wildman–Crippen MR) is 66.6 cm³/mol. The van der Waals surface area contributed by atoms with Gasteiger partial charge in [-0.3, -0.25) is 4.79 Å². The summed E-state index contributed by atoms with van der Waals surface area (Å²) in [6.45, 7) is 3.93. The maximum atomic E-state index is 11.9. The topological polar surface area (TPSA) is 75.6 Å². The fourth-order valence-corrected chi connectivity index (χ4v) is 1.47. The van der Waals surface area contributed by atoms with Crippen LogP contribution in [0, 0.1) is 6.92 Å². The number of benzene rings is 1. The minimum atomic E-state index is -1.11. The molecule has 0 radical (unpaired) electrons. The SMILES string of the molecule is CCOCC(NC(=O)c1ccccc1C)C(=O)O. The Morgan fingerprint density at radius 1 is 1.39 bits per heavy atom. The summed E-state index contributed by atoms with van der Waals surface area (Å²) in [5.41, 5.74) is 1.27. The second-order valence-corrected chi connectivity index (χ2v) is 3.84. The summed E-state index contributed by atoms with van der Waals surface area (Å²) in [6.07, 6.45) is 0. The Bertz CT molecular complexity index is 431. The van der Waals surface area contributed by atoms with Crippen molar-refractivity contribution in [3.05, 3.63) is 35.4 Å². The largest absolute Gasteiger partial charge is 0.480 e. The summed E-state index contributed by atoms with van der Waals surface area (Å²) in [5.74, 6) is -1.51. The summed E-state index contributed by atoms with van der Waals surface area (Å²) in [7, 11) is 0. The monoisotopic (exact) mass is 251 g/mol. The van der Waals surface area contributed by atoms with Gasteiger partial charge in [-0.2, -0.15) is 0 Å². The number of aliphatic carboxylic acids is 1. The van der Waals surface area contributed by atoms with Gasteiger partial charge in [0.15, 0.2) is 6.04 Å². The molecule has 1 unspecified atom stereocenters. The van der Waals surface area contributed by atoms with Gasteiger partial charge in [0.05, 0.1) is 6.61 Å². The Hall–Kier alpha value is -1.88. The smallest absolute Gasteiger partial charge is 0.328 e. The molecule has 0 spiro atoms. The second-order valence-electron chi connectivity index (χ2n) is 3.84. The summed E-state index contributed by atoms with van der Waals surface area (Å²) < 4.78 is 5.03. The molecule has 0 aromatic heterocycles. The van der Waals surface area contributed by atoms with Gasteiger partial charge in [-0.25, -0.2) is 4.79 Å². The Morgan fingerprint density at radius 2 is 2.06 bits per heavy atom. The number of hydrogen-bond donors (Lipinski definition) is 2. The van der Waals surface area contributed by atoms with Gasteiger partial charge in [-0.15, -0.1) is 0 Å². The highest BCUT2D eigenvalue weighted by atomic mass is 16.5. The summed E-state index contributed by atoms with van der Waals surface area (Å²) in [4.78, 5) is 22.9. The highest BCUT2D eigenvalue weighted by molar-refractivity contribution is 5.97. The van der Waals surface area contributed by atoms with E-state index in [2.05, 4.69) is 5.32 Å². The van der Waals surface area contributed by atoms with E-state index in [9.17, 15) is 9.59 Å². The van der Waals surface area contributed by atoms with Gasteiger partial charge in [-0.1, -0.05) is 18.2 Å². The van der Waals surface area contributed by atoms with E-state index in [1.165, 1.54) is 0 Å². The van der Waals surface area contributed by atoms with E-state index >= 15 is 0 Å². The van der Waals surface area contributed by atoms with Crippen LogP contribution in [0.2, 0.25) is 0 Å². The van der Waals surface area contributed by atoms with Crippen molar-refractivity contribution in [1.82, 2.24) is 5.32 Å². The van der Waals surface area contributed by atoms with Gasteiger partial charge in [0.1, 0.15) is 0 Å². The maximum Gasteiger partial charge on any atom is 0.328 e. The lowest BCUT2D eigenvalue weighted by Gasteiger charge is -2.15. The normalized spacial score (nSPS) is 11.9. The molecule has 5 heteroatoms. The molecule has 1 aromatic rings. The van der Waals surface area contributed by atoms with Crippen LogP contribution < -0.4 is 5.32 Å². The maximum absolute atomic E-state index is 11.9. The molecule has 0 saturated carbocycles. The molecule has 0 heterocycles. The van der Waals surface area contributed by atoms with E-state index in [1.807, 2.05) is 6.07 Å². The Morgan fingerprint density at radius 3 is 2.61 bits per heavy atom. The van der Waals surface area contributed by atoms with E-state index in [0.717, 1.165) is 5.56 Å². The molecule has 1 amide bonds. The molecule has 5 nitrogen and oxygen atoms in total. The highest BCUT2D eigenvalue weighted by Gasteiger charge is 2.21. The van der Waals surface area contributed by atoms with Crippen molar-refractivity contribution < 1.29 is 19.4 Å². The molecular formula is C13H17NO4. The molecular weight excluding hydrogens is 234 g/mol. The van der Waals surface area contributed by atoms with Crippen LogP contribution in [-0.4, -0.2) is 36.2 Å². The first-order chi connectivity index (χ1) is 8.56. The third kappa shape index (κ3) is 3.85. The molecule has 0 aliphatic rings. The summed E-state index contributed by atoms with van der Waals surface area (Å²) in [6, 6.07) is 5.98. The van der Waals surface area contributed by atoms with Gasteiger partial charge < -0.3 is 15.2 Å². The summed E-state index contributed by atoms with van der Waals surface area (Å²) in [5, 5.41) is 11.4. The van der Waals surface area contributed by atoms with Crippen LogP contribution in [0.1, 0.15) is 22.8 Å². The average Bonchev–Trinajstić information content (AvgIpc) is 2.34. The lowest BCUT2D eigenvalue weighted by atomic mass is 10.1. The number of carboxylic acids is 1. The molecule has 0 saturated heterocycles. The second kappa shape index (κ2) is 6.76. The number of carbonyl (C=O) groups excluding carboxylic acids is 1. The highest BCUT2D eigenvalue weighted by Crippen LogP contribution is 2.07. The quantitative estimate of drug-likeness (QED) is 0.797. The molecule has 0 bridgehead atoms. The lowest BCUT2D eigenvalue weighted by Crippen LogP contribution is -2.44. The Labute approximate surface area is 106 Å². The van der Waals surface area contributed by atoms with Gasteiger partial charge in [0.25, 0.3) is 5.91 Å². The van der Waals surface area contributed by atoms with Crippen molar-refractivity contribution in [1.29, 1.82) is 0 Å². The van der Waals surface area contributed by atoms with Crippen LogP contribution in [-0.2, 0) is 9.53 Å². The number of aryl methyl sites for hydroxylation is 1. The molecule has 0 fully saturated rings. The Balaban J connectivity index is 2.72. The fraction of sp³-hybridized carbons (Fsp3) is 0.385. The van der Waals surface area contributed by atoms with Gasteiger partial charge >= 0.3 is 5.97 Å². The first kappa shape index (κ1) is 14.2. The zero-order valence-electron chi connectivity index (χ0n) is 10.5. The van der Waals surface area contributed by atoms with Crippen LogP contribution in [0.25, 0.3) is 0 Å². The fourth-order valence-electron chi connectivity index (χ4n) is 1.47. The Kier molecular flexibility index (Phi) is 5.32. The minimum Gasteiger partial charge on any atom is -0.480 e. The molecule has 98 valence electrons. The van der Waals surface area contributed by atoms with Crippen LogP contribution >= 0.6 is 0 Å². The third-order valence-electron chi connectivity index (χ3n) is 2.48. The summed E-state index contributed by atoms with van der Waals surface area (Å²) >= 11 is 0. The number of amides is 1.